The molecule has 1 N–H and O–H groups in total. The number of benzene rings is 3. The normalized spacial score (nSPS) is 11.0. The number of hydrogen-bond acceptors (Lipinski definition) is 6. The summed E-state index contributed by atoms with van der Waals surface area (Å²) in [4.78, 5) is 16.6. The molecule has 0 aliphatic heterocycles. The summed E-state index contributed by atoms with van der Waals surface area (Å²) in [6, 6.07) is 16.5. The second-order valence-electron chi connectivity index (χ2n) is 6.44. The third-order valence-corrected chi connectivity index (χ3v) is 5.70. The second-order valence-corrected chi connectivity index (χ2v) is 8.41. The third-order valence-electron chi connectivity index (χ3n) is 4.27. The van der Waals surface area contributed by atoms with Gasteiger partial charge in [-0.3, -0.25) is 4.79 Å². The number of carbonyl (C=O) groups is 1. The van der Waals surface area contributed by atoms with Crippen molar-refractivity contribution in [3.8, 4) is 11.4 Å². The molecule has 0 radical (unpaired) electrons. The van der Waals surface area contributed by atoms with Gasteiger partial charge in [0, 0.05) is 32.8 Å². The van der Waals surface area contributed by atoms with Crippen molar-refractivity contribution in [1.82, 2.24) is 10.1 Å². The van der Waals surface area contributed by atoms with Crippen molar-refractivity contribution in [2.24, 2.45) is 0 Å². The van der Waals surface area contributed by atoms with Crippen LogP contribution >= 0.6 is 35.1 Å². The van der Waals surface area contributed by atoms with E-state index >= 15 is 0 Å². The summed E-state index contributed by atoms with van der Waals surface area (Å²) < 4.78 is 6.81. The highest BCUT2D eigenvalue weighted by Gasteiger charge is 2.18. The Hall–Kier alpha value is -2.74. The number of hydrogen-bond donors (Lipinski definition) is 1. The Balaban J connectivity index is 1.82. The topological polar surface area (TPSA) is 79.5 Å². The highest BCUT2D eigenvalue weighted by atomic mass is 35.5. The molecule has 0 amide bonds. The van der Waals surface area contributed by atoms with Gasteiger partial charge in [0.1, 0.15) is 6.54 Å². The van der Waals surface area contributed by atoms with Crippen molar-refractivity contribution < 1.29 is 14.4 Å². The number of rotatable bonds is 6. The Bertz CT molecular complexity index is 1230. The van der Waals surface area contributed by atoms with Crippen LogP contribution in [0.2, 0.25) is 10.0 Å². The van der Waals surface area contributed by atoms with Crippen LogP contribution in [0.1, 0.15) is 5.89 Å². The molecule has 0 unspecified atom stereocenters. The van der Waals surface area contributed by atoms with Crippen molar-refractivity contribution in [3.63, 3.8) is 0 Å². The van der Waals surface area contributed by atoms with Gasteiger partial charge >= 0.3 is 5.97 Å². The Morgan fingerprint density at radius 2 is 1.80 bits per heavy atom. The molecule has 1 heterocycles. The lowest BCUT2D eigenvalue weighted by Crippen LogP contribution is -2.23. The fourth-order valence-electron chi connectivity index (χ4n) is 3.11. The Morgan fingerprint density at radius 3 is 2.47 bits per heavy atom. The van der Waals surface area contributed by atoms with Crippen LogP contribution in [0.4, 0.5) is 5.69 Å². The Morgan fingerprint density at radius 1 is 1.10 bits per heavy atom. The predicted octanol–water partition coefficient (Wildman–Crippen LogP) is 6.10. The minimum atomic E-state index is -0.961. The van der Waals surface area contributed by atoms with E-state index in [1.807, 2.05) is 36.4 Å². The minimum absolute atomic E-state index is 0.223. The first kappa shape index (κ1) is 20.5. The molecule has 0 bridgehead atoms. The largest absolute Gasteiger partial charge is 0.480 e. The maximum absolute atomic E-state index is 11.6. The van der Waals surface area contributed by atoms with E-state index in [1.54, 1.807) is 29.4 Å². The van der Waals surface area contributed by atoms with Crippen LogP contribution in [0, 0.1) is 6.92 Å². The first-order chi connectivity index (χ1) is 14.4. The van der Waals surface area contributed by atoms with Crippen LogP contribution in [0.3, 0.4) is 0 Å². The zero-order chi connectivity index (χ0) is 21.3. The Kier molecular flexibility index (Phi) is 5.85. The molecule has 0 aliphatic rings. The molecule has 3 aromatic carbocycles. The van der Waals surface area contributed by atoms with Gasteiger partial charge in [0.15, 0.2) is 0 Å². The first-order valence-corrected chi connectivity index (χ1v) is 10.4. The quantitative estimate of drug-likeness (QED) is 0.348. The van der Waals surface area contributed by atoms with Crippen molar-refractivity contribution in [3.05, 3.63) is 70.5 Å². The van der Waals surface area contributed by atoms with Gasteiger partial charge in [-0.05, 0) is 41.6 Å². The molecule has 9 heteroatoms. The lowest BCUT2D eigenvalue weighted by Gasteiger charge is -2.23. The SMILES string of the molecule is Cc1nc(-c2cccc3c(N(CC(=O)O)Sc4cc(Cl)cc(Cl)c4)cccc23)no1. The summed E-state index contributed by atoms with van der Waals surface area (Å²) in [7, 11) is 0. The number of halogens is 2. The van der Waals surface area contributed by atoms with E-state index in [4.69, 9.17) is 27.7 Å². The third kappa shape index (κ3) is 4.38. The van der Waals surface area contributed by atoms with E-state index in [0.717, 1.165) is 26.9 Å². The first-order valence-electron chi connectivity index (χ1n) is 8.86. The number of aromatic nitrogens is 2. The molecule has 0 spiro atoms. The zero-order valence-corrected chi connectivity index (χ0v) is 18.0. The van der Waals surface area contributed by atoms with Crippen LogP contribution in [-0.4, -0.2) is 27.8 Å². The average molecular weight is 460 g/mol. The van der Waals surface area contributed by atoms with E-state index in [2.05, 4.69) is 10.1 Å². The van der Waals surface area contributed by atoms with Gasteiger partial charge < -0.3 is 13.9 Å². The summed E-state index contributed by atoms with van der Waals surface area (Å²) in [6.45, 7) is 1.51. The molecule has 0 saturated carbocycles. The van der Waals surface area contributed by atoms with Crippen molar-refractivity contribution in [2.75, 3.05) is 10.8 Å². The highest BCUT2D eigenvalue weighted by Crippen LogP contribution is 2.38. The molecule has 4 aromatic rings. The van der Waals surface area contributed by atoms with Crippen molar-refractivity contribution in [1.29, 1.82) is 0 Å². The predicted molar refractivity (Wildman–Crippen MR) is 119 cm³/mol. The van der Waals surface area contributed by atoms with E-state index in [1.165, 1.54) is 11.9 Å². The smallest absolute Gasteiger partial charge is 0.324 e. The zero-order valence-electron chi connectivity index (χ0n) is 15.7. The number of fused-ring (bicyclic) bond motifs is 1. The molecule has 0 saturated heterocycles. The fraction of sp³-hybridized carbons (Fsp3) is 0.0952. The van der Waals surface area contributed by atoms with Gasteiger partial charge in [0.05, 0.1) is 5.69 Å². The molecule has 0 atom stereocenters. The number of carboxylic acids is 1. The lowest BCUT2D eigenvalue weighted by molar-refractivity contribution is -0.135. The van der Waals surface area contributed by atoms with Gasteiger partial charge in [-0.1, -0.05) is 58.7 Å². The van der Waals surface area contributed by atoms with Crippen LogP contribution in [-0.2, 0) is 4.79 Å². The minimum Gasteiger partial charge on any atom is -0.480 e. The molecule has 152 valence electrons. The monoisotopic (exact) mass is 459 g/mol. The molecular formula is C21H15Cl2N3O3S. The maximum atomic E-state index is 11.6. The standard InChI is InChI=1S/C21H15Cl2N3O3S/c1-12-24-21(25-29-12)18-6-2-5-17-16(18)4-3-7-19(17)26(11-20(27)28)30-15-9-13(22)8-14(23)10-15/h2-10H,11H2,1H3,(H,27,28). The van der Waals surface area contributed by atoms with E-state index in [9.17, 15) is 9.90 Å². The van der Waals surface area contributed by atoms with Gasteiger partial charge in [-0.2, -0.15) is 4.98 Å². The molecule has 1 aromatic heterocycles. The molecule has 6 nitrogen and oxygen atoms in total. The number of nitrogens with zero attached hydrogens (tertiary/aromatic N) is 3. The van der Waals surface area contributed by atoms with Gasteiger partial charge in [0.2, 0.25) is 11.7 Å². The fourth-order valence-corrected chi connectivity index (χ4v) is 4.81. The lowest BCUT2D eigenvalue weighted by atomic mass is 10.0. The van der Waals surface area contributed by atoms with Gasteiger partial charge in [-0.25, -0.2) is 0 Å². The molecule has 4 rings (SSSR count). The van der Waals surface area contributed by atoms with Crippen molar-refractivity contribution >= 4 is 57.6 Å². The van der Waals surface area contributed by atoms with Gasteiger partial charge in [-0.15, -0.1) is 0 Å². The average Bonchev–Trinajstić information content (AvgIpc) is 3.11. The van der Waals surface area contributed by atoms with E-state index < -0.39 is 5.97 Å². The number of carboxylic acid groups (broad SMARTS) is 1. The van der Waals surface area contributed by atoms with E-state index in [-0.39, 0.29) is 6.54 Å². The number of anilines is 1. The van der Waals surface area contributed by atoms with Crippen molar-refractivity contribution in [2.45, 2.75) is 11.8 Å². The Labute approximate surface area is 186 Å². The van der Waals surface area contributed by atoms with Gasteiger partial charge in [0.25, 0.3) is 0 Å². The molecule has 0 fully saturated rings. The molecule has 0 aliphatic carbocycles. The second kappa shape index (κ2) is 8.55. The van der Waals surface area contributed by atoms with E-state index in [0.29, 0.717) is 21.8 Å². The van der Waals surface area contributed by atoms with Crippen LogP contribution in [0.15, 0.2) is 64.0 Å². The van der Waals surface area contributed by atoms with Crippen LogP contribution in [0.25, 0.3) is 22.2 Å². The summed E-state index contributed by atoms with van der Waals surface area (Å²) in [5.41, 5.74) is 1.54. The molecular weight excluding hydrogens is 445 g/mol. The van der Waals surface area contributed by atoms with Crippen LogP contribution < -0.4 is 4.31 Å². The number of aryl methyl sites for hydroxylation is 1. The summed E-state index contributed by atoms with van der Waals surface area (Å²) in [6.07, 6.45) is 0. The summed E-state index contributed by atoms with van der Waals surface area (Å²) in [5.74, 6) is -0.00839. The summed E-state index contributed by atoms with van der Waals surface area (Å²) in [5, 5.41) is 16.2. The summed E-state index contributed by atoms with van der Waals surface area (Å²) >= 11 is 13.5. The molecule has 30 heavy (non-hydrogen) atoms. The number of aliphatic carboxylic acids is 1. The highest BCUT2D eigenvalue weighted by molar-refractivity contribution is 8.00. The van der Waals surface area contributed by atoms with Crippen LogP contribution in [0.5, 0.6) is 0 Å². The maximum Gasteiger partial charge on any atom is 0.324 e.